The van der Waals surface area contributed by atoms with Crippen LogP contribution in [0.4, 0.5) is 0 Å². The number of aromatic hydroxyl groups is 1. The number of carbonyl (C=O) groups is 1. The van der Waals surface area contributed by atoms with Crippen LogP contribution in [0.15, 0.2) is 18.2 Å². The molecule has 0 aliphatic heterocycles. The molecule has 1 aromatic rings. The minimum atomic E-state index is -0.350. The number of alkyl halides is 1. The Balaban J connectivity index is 2.87. The van der Waals surface area contributed by atoms with E-state index in [1.807, 2.05) is 20.8 Å². The van der Waals surface area contributed by atoms with Gasteiger partial charge in [-0.05, 0) is 38.5 Å². The lowest BCUT2D eigenvalue weighted by Gasteiger charge is -2.29. The Morgan fingerprint density at radius 3 is 2.53 bits per heavy atom. The first-order valence-electron chi connectivity index (χ1n) is 5.50. The summed E-state index contributed by atoms with van der Waals surface area (Å²) in [7, 11) is 0. The number of phenolic OH excluding ortho intramolecular Hbond substituents is 1. The number of benzene rings is 1. The summed E-state index contributed by atoms with van der Waals surface area (Å²) in [4.78, 5) is 12.1. The molecule has 1 unspecified atom stereocenters. The highest BCUT2D eigenvalue weighted by Crippen LogP contribution is 2.20. The number of carbonyl (C=O) groups excluding carboxylic acids is 1. The van der Waals surface area contributed by atoms with E-state index in [-0.39, 0.29) is 22.0 Å². The summed E-state index contributed by atoms with van der Waals surface area (Å²) in [5, 5.41) is 12.5. The van der Waals surface area contributed by atoms with Gasteiger partial charge in [-0.1, -0.05) is 28.9 Å². The lowest BCUT2D eigenvalue weighted by atomic mass is 10.0. The van der Waals surface area contributed by atoms with Crippen LogP contribution in [-0.2, 0) is 0 Å². The Labute approximate surface area is 110 Å². The Morgan fingerprint density at radius 2 is 2.06 bits per heavy atom. The van der Waals surface area contributed by atoms with Crippen LogP contribution >= 0.6 is 15.9 Å². The molecule has 1 atom stereocenters. The van der Waals surface area contributed by atoms with Gasteiger partial charge >= 0.3 is 0 Å². The molecule has 4 heteroatoms. The first-order valence-corrected chi connectivity index (χ1v) is 6.42. The van der Waals surface area contributed by atoms with Crippen LogP contribution in [0, 0.1) is 6.92 Å². The highest BCUT2D eigenvalue weighted by atomic mass is 79.9. The average Bonchev–Trinajstić information content (AvgIpc) is 2.21. The molecule has 94 valence electrons. The van der Waals surface area contributed by atoms with Crippen molar-refractivity contribution in [1.82, 2.24) is 5.32 Å². The molecule has 0 spiro atoms. The normalized spacial score (nSPS) is 13.2. The quantitative estimate of drug-likeness (QED) is 0.843. The Morgan fingerprint density at radius 1 is 1.47 bits per heavy atom. The minimum Gasteiger partial charge on any atom is -0.508 e. The van der Waals surface area contributed by atoms with Crippen LogP contribution in [-0.4, -0.2) is 21.4 Å². The number of hydrogen-bond acceptors (Lipinski definition) is 2. The second-order valence-electron chi connectivity index (χ2n) is 4.79. The molecular weight excluding hydrogens is 282 g/mol. The highest BCUT2D eigenvalue weighted by molar-refractivity contribution is 9.09. The van der Waals surface area contributed by atoms with Crippen molar-refractivity contribution in [2.45, 2.75) is 38.1 Å². The van der Waals surface area contributed by atoms with Crippen LogP contribution in [0.2, 0.25) is 0 Å². The average molecular weight is 300 g/mol. The number of aryl methyl sites for hydroxylation is 1. The van der Waals surface area contributed by atoms with Crippen molar-refractivity contribution in [1.29, 1.82) is 0 Å². The molecule has 0 aromatic heterocycles. The van der Waals surface area contributed by atoms with Gasteiger partial charge in [-0.15, -0.1) is 0 Å². The molecule has 17 heavy (non-hydrogen) atoms. The van der Waals surface area contributed by atoms with E-state index in [2.05, 4.69) is 21.2 Å². The predicted molar refractivity (Wildman–Crippen MR) is 72.8 cm³/mol. The number of halogens is 1. The SMILES string of the molecule is Cc1ccc(C(=O)NC(C)(C)C(C)Br)cc1O. The van der Waals surface area contributed by atoms with Gasteiger partial charge in [0.05, 0.1) is 0 Å². The van der Waals surface area contributed by atoms with Crippen LogP contribution in [0.5, 0.6) is 5.75 Å². The fourth-order valence-corrected chi connectivity index (χ4v) is 1.33. The number of rotatable bonds is 3. The van der Waals surface area contributed by atoms with Gasteiger partial charge < -0.3 is 10.4 Å². The number of hydrogen-bond donors (Lipinski definition) is 2. The third-order valence-electron chi connectivity index (χ3n) is 2.90. The van der Waals surface area contributed by atoms with Gasteiger partial charge in [0.1, 0.15) is 5.75 Å². The maximum absolute atomic E-state index is 12.0. The summed E-state index contributed by atoms with van der Waals surface area (Å²) >= 11 is 3.46. The molecule has 0 bridgehead atoms. The van der Waals surface area contributed by atoms with Gasteiger partial charge in [0, 0.05) is 15.9 Å². The standard InChI is InChI=1S/C13H18BrNO2/c1-8-5-6-10(7-11(8)16)12(17)15-13(3,4)9(2)14/h5-7,9,16H,1-4H3,(H,15,17). The first kappa shape index (κ1) is 14.0. The maximum atomic E-state index is 12.0. The maximum Gasteiger partial charge on any atom is 0.251 e. The van der Waals surface area contributed by atoms with Crippen LogP contribution in [0.1, 0.15) is 36.7 Å². The van der Waals surface area contributed by atoms with Crippen molar-refractivity contribution < 1.29 is 9.90 Å². The van der Waals surface area contributed by atoms with Gasteiger partial charge in [-0.3, -0.25) is 4.79 Å². The first-order chi connectivity index (χ1) is 7.74. The zero-order valence-electron chi connectivity index (χ0n) is 10.5. The Hall–Kier alpha value is -1.03. The molecule has 0 saturated heterocycles. The summed E-state index contributed by atoms with van der Waals surface area (Å²) in [5.74, 6) is -0.0426. The van der Waals surface area contributed by atoms with E-state index in [0.717, 1.165) is 5.56 Å². The van der Waals surface area contributed by atoms with E-state index in [1.165, 1.54) is 6.07 Å². The molecule has 1 amide bonds. The van der Waals surface area contributed by atoms with Gasteiger partial charge in [-0.2, -0.15) is 0 Å². The van der Waals surface area contributed by atoms with Crippen molar-refractivity contribution in [3.05, 3.63) is 29.3 Å². The van der Waals surface area contributed by atoms with Crippen molar-refractivity contribution >= 4 is 21.8 Å². The largest absolute Gasteiger partial charge is 0.508 e. The van der Waals surface area contributed by atoms with Crippen LogP contribution in [0.3, 0.4) is 0 Å². The van der Waals surface area contributed by atoms with Crippen LogP contribution < -0.4 is 5.32 Å². The molecule has 0 radical (unpaired) electrons. The molecule has 0 aliphatic carbocycles. The molecule has 1 rings (SSSR count). The topological polar surface area (TPSA) is 49.3 Å². The Bertz CT molecular complexity index is 427. The van der Waals surface area contributed by atoms with E-state index in [0.29, 0.717) is 5.56 Å². The van der Waals surface area contributed by atoms with Gasteiger partial charge in [-0.25, -0.2) is 0 Å². The number of phenols is 1. The monoisotopic (exact) mass is 299 g/mol. The highest BCUT2D eigenvalue weighted by Gasteiger charge is 2.26. The third-order valence-corrected chi connectivity index (χ3v) is 4.05. The van der Waals surface area contributed by atoms with E-state index in [4.69, 9.17) is 0 Å². The third kappa shape index (κ3) is 3.46. The summed E-state index contributed by atoms with van der Waals surface area (Å²) < 4.78 is 0. The lowest BCUT2D eigenvalue weighted by Crippen LogP contribution is -2.48. The molecule has 0 fully saturated rings. The molecule has 2 N–H and O–H groups in total. The zero-order chi connectivity index (χ0) is 13.2. The van der Waals surface area contributed by atoms with E-state index >= 15 is 0 Å². The van der Waals surface area contributed by atoms with Gasteiger partial charge in [0.15, 0.2) is 0 Å². The summed E-state index contributed by atoms with van der Waals surface area (Å²) in [6, 6.07) is 4.92. The Kier molecular flexibility index (Phi) is 4.20. The molecule has 0 saturated carbocycles. The molecular formula is C13H18BrNO2. The number of amides is 1. The molecule has 0 heterocycles. The molecule has 3 nitrogen and oxygen atoms in total. The molecule has 0 aliphatic rings. The predicted octanol–water partition coefficient (Wildman–Crippen LogP) is 2.99. The fraction of sp³-hybridized carbons (Fsp3) is 0.462. The second kappa shape index (κ2) is 5.08. The van der Waals surface area contributed by atoms with Crippen molar-refractivity contribution in [3.63, 3.8) is 0 Å². The fourth-order valence-electron chi connectivity index (χ4n) is 1.21. The van der Waals surface area contributed by atoms with Gasteiger partial charge in [0.2, 0.25) is 0 Å². The second-order valence-corrected chi connectivity index (χ2v) is 6.17. The van der Waals surface area contributed by atoms with Crippen molar-refractivity contribution in [2.75, 3.05) is 0 Å². The van der Waals surface area contributed by atoms with Crippen LogP contribution in [0.25, 0.3) is 0 Å². The number of nitrogens with one attached hydrogen (secondary N) is 1. The summed E-state index contributed by atoms with van der Waals surface area (Å²) in [6.07, 6.45) is 0. The summed E-state index contributed by atoms with van der Waals surface area (Å²) in [5.41, 5.74) is 0.876. The minimum absolute atomic E-state index is 0.141. The van der Waals surface area contributed by atoms with Gasteiger partial charge in [0.25, 0.3) is 5.91 Å². The van der Waals surface area contributed by atoms with E-state index < -0.39 is 0 Å². The van der Waals surface area contributed by atoms with E-state index in [1.54, 1.807) is 19.1 Å². The van der Waals surface area contributed by atoms with E-state index in [9.17, 15) is 9.90 Å². The molecule has 1 aromatic carbocycles. The van der Waals surface area contributed by atoms with Crippen molar-refractivity contribution in [3.8, 4) is 5.75 Å². The summed E-state index contributed by atoms with van der Waals surface area (Å²) in [6.45, 7) is 7.66. The zero-order valence-corrected chi connectivity index (χ0v) is 12.1. The van der Waals surface area contributed by atoms with Crippen molar-refractivity contribution in [2.24, 2.45) is 0 Å². The smallest absolute Gasteiger partial charge is 0.251 e. The lowest BCUT2D eigenvalue weighted by molar-refractivity contribution is 0.0913.